The average Bonchev–Trinajstić information content (AvgIpc) is 3.08. The normalized spacial score (nSPS) is 11.9. The van der Waals surface area contributed by atoms with E-state index in [0.29, 0.717) is 12.4 Å². The van der Waals surface area contributed by atoms with Crippen LogP contribution in [0.3, 0.4) is 0 Å². The molecule has 1 aromatic rings. The highest BCUT2D eigenvalue weighted by atomic mass is 16.5. The van der Waals surface area contributed by atoms with Crippen LogP contribution in [0.5, 0.6) is 0 Å². The van der Waals surface area contributed by atoms with E-state index in [2.05, 4.69) is 26.1 Å². The number of anilines is 1. The Morgan fingerprint density at radius 2 is 1.74 bits per heavy atom. The molecule has 176 valence electrons. The number of amides is 2. The van der Waals surface area contributed by atoms with Crippen LogP contribution >= 0.6 is 0 Å². The number of hydrogen-bond donors (Lipinski definition) is 1. The average molecular weight is 437 g/mol. The summed E-state index contributed by atoms with van der Waals surface area (Å²) in [6, 6.07) is 1.89. The Morgan fingerprint density at radius 3 is 2.26 bits per heavy atom. The zero-order valence-corrected chi connectivity index (χ0v) is 20.5. The van der Waals surface area contributed by atoms with Gasteiger partial charge in [0.05, 0.1) is 30.8 Å². The summed E-state index contributed by atoms with van der Waals surface area (Å²) in [5, 5.41) is 7.64. The summed E-state index contributed by atoms with van der Waals surface area (Å²) in [6.07, 6.45) is 1.73. The molecule has 0 bridgehead atoms. The number of aromatic nitrogens is 2. The first-order valence-corrected chi connectivity index (χ1v) is 11.1. The van der Waals surface area contributed by atoms with Crippen molar-refractivity contribution in [3.05, 3.63) is 11.8 Å². The minimum Gasteiger partial charge on any atom is -0.466 e. The van der Waals surface area contributed by atoms with Gasteiger partial charge in [0, 0.05) is 24.4 Å². The molecule has 0 spiro atoms. The number of unbranched alkanes of at least 4 members (excludes halogenated alkanes) is 1. The minimum absolute atomic E-state index is 0.0165. The van der Waals surface area contributed by atoms with Crippen molar-refractivity contribution in [3.63, 3.8) is 0 Å². The zero-order chi connectivity index (χ0) is 23.8. The summed E-state index contributed by atoms with van der Waals surface area (Å²) in [6.45, 7) is 16.7. The van der Waals surface area contributed by atoms with Crippen molar-refractivity contribution in [2.75, 3.05) is 25.0 Å². The molecule has 0 aliphatic rings. The van der Waals surface area contributed by atoms with E-state index in [4.69, 9.17) is 9.84 Å². The van der Waals surface area contributed by atoms with E-state index in [-0.39, 0.29) is 48.8 Å². The van der Waals surface area contributed by atoms with Gasteiger partial charge < -0.3 is 15.0 Å². The number of ether oxygens (including phenoxy) is 1. The summed E-state index contributed by atoms with van der Waals surface area (Å²) in [4.78, 5) is 38.6. The SMILES string of the molecule is CCCCN(CC(=O)Nc1cc(C(C)(C)C)nn1C(C)(C)C)C(=O)CCC(=O)OCC. The van der Waals surface area contributed by atoms with Crippen LogP contribution in [0.1, 0.15) is 86.8 Å². The first-order chi connectivity index (χ1) is 14.3. The fourth-order valence-electron chi connectivity index (χ4n) is 2.94. The maximum Gasteiger partial charge on any atom is 0.306 e. The lowest BCUT2D eigenvalue weighted by Crippen LogP contribution is -2.39. The van der Waals surface area contributed by atoms with Gasteiger partial charge in [0.1, 0.15) is 5.82 Å². The molecule has 1 heterocycles. The van der Waals surface area contributed by atoms with Gasteiger partial charge in [-0.3, -0.25) is 14.4 Å². The van der Waals surface area contributed by atoms with E-state index < -0.39 is 5.97 Å². The standard InChI is InChI=1S/C23H40N4O4/c1-9-11-14-26(20(29)12-13-21(30)31-10-2)16-19(28)24-18-15-17(22(3,4)5)25-27(18)23(6,7)8/h15H,9-14,16H2,1-8H3,(H,24,28). The Hall–Kier alpha value is -2.38. The molecule has 0 saturated heterocycles. The van der Waals surface area contributed by atoms with E-state index in [1.165, 1.54) is 4.90 Å². The van der Waals surface area contributed by atoms with Gasteiger partial charge in [0.15, 0.2) is 0 Å². The molecule has 2 amide bonds. The van der Waals surface area contributed by atoms with Gasteiger partial charge >= 0.3 is 5.97 Å². The second kappa shape index (κ2) is 11.3. The Bertz CT molecular complexity index is 757. The van der Waals surface area contributed by atoms with Gasteiger partial charge in [0.2, 0.25) is 11.8 Å². The molecule has 0 aromatic carbocycles. The molecule has 0 atom stereocenters. The van der Waals surface area contributed by atoms with E-state index in [1.807, 2.05) is 38.4 Å². The summed E-state index contributed by atoms with van der Waals surface area (Å²) in [7, 11) is 0. The van der Waals surface area contributed by atoms with Crippen LogP contribution in [0.4, 0.5) is 5.82 Å². The predicted molar refractivity (Wildman–Crippen MR) is 122 cm³/mol. The Morgan fingerprint density at radius 1 is 1.10 bits per heavy atom. The first kappa shape index (κ1) is 26.7. The van der Waals surface area contributed by atoms with Crippen LogP contribution in [-0.2, 0) is 30.1 Å². The molecule has 0 fully saturated rings. The second-order valence-corrected chi connectivity index (χ2v) is 9.77. The largest absolute Gasteiger partial charge is 0.466 e. The lowest BCUT2D eigenvalue weighted by atomic mass is 9.92. The fourth-order valence-corrected chi connectivity index (χ4v) is 2.94. The van der Waals surface area contributed by atoms with Gasteiger partial charge in [0.25, 0.3) is 0 Å². The Labute approximate surface area is 186 Å². The quantitative estimate of drug-likeness (QED) is 0.562. The molecule has 0 unspecified atom stereocenters. The van der Waals surface area contributed by atoms with Crippen LogP contribution < -0.4 is 5.32 Å². The first-order valence-electron chi connectivity index (χ1n) is 11.1. The molecule has 8 nitrogen and oxygen atoms in total. The maximum absolute atomic E-state index is 12.8. The molecule has 31 heavy (non-hydrogen) atoms. The van der Waals surface area contributed by atoms with Crippen LogP contribution in [0.25, 0.3) is 0 Å². The van der Waals surface area contributed by atoms with Gasteiger partial charge in [-0.2, -0.15) is 5.10 Å². The second-order valence-electron chi connectivity index (χ2n) is 9.77. The molecular weight excluding hydrogens is 396 g/mol. The number of esters is 1. The van der Waals surface area contributed by atoms with Crippen molar-refractivity contribution in [2.24, 2.45) is 0 Å². The Kier molecular flexibility index (Phi) is 9.72. The zero-order valence-electron chi connectivity index (χ0n) is 20.5. The van der Waals surface area contributed by atoms with Gasteiger partial charge in [-0.1, -0.05) is 34.1 Å². The summed E-state index contributed by atoms with van der Waals surface area (Å²) < 4.78 is 6.70. The lowest BCUT2D eigenvalue weighted by Gasteiger charge is -2.24. The minimum atomic E-state index is -0.403. The van der Waals surface area contributed by atoms with Crippen LogP contribution in [0, 0.1) is 0 Å². The third-order valence-corrected chi connectivity index (χ3v) is 4.70. The van der Waals surface area contributed by atoms with Gasteiger partial charge in [-0.15, -0.1) is 0 Å². The van der Waals surface area contributed by atoms with Gasteiger partial charge in [-0.05, 0) is 34.1 Å². The van der Waals surface area contributed by atoms with Crippen LogP contribution in [0.15, 0.2) is 6.07 Å². The molecule has 1 rings (SSSR count). The predicted octanol–water partition coefficient (Wildman–Crippen LogP) is 3.85. The molecular formula is C23H40N4O4. The maximum atomic E-state index is 12.8. The summed E-state index contributed by atoms with van der Waals surface area (Å²) in [5.41, 5.74) is 0.404. The van der Waals surface area contributed by atoms with E-state index in [9.17, 15) is 14.4 Å². The summed E-state index contributed by atoms with van der Waals surface area (Å²) >= 11 is 0. The lowest BCUT2D eigenvalue weighted by molar-refractivity contribution is -0.145. The number of hydrogen-bond acceptors (Lipinski definition) is 5. The number of rotatable bonds is 10. The number of nitrogens with zero attached hydrogens (tertiary/aromatic N) is 3. The van der Waals surface area contributed by atoms with Crippen molar-refractivity contribution in [2.45, 2.75) is 92.0 Å². The monoisotopic (exact) mass is 436 g/mol. The van der Waals surface area contributed by atoms with Crippen LogP contribution in [0.2, 0.25) is 0 Å². The Balaban J connectivity index is 2.93. The highest BCUT2D eigenvalue weighted by Gasteiger charge is 2.26. The molecule has 0 radical (unpaired) electrons. The van der Waals surface area contributed by atoms with Crippen molar-refractivity contribution in [3.8, 4) is 0 Å². The van der Waals surface area contributed by atoms with Crippen LogP contribution in [-0.4, -0.2) is 52.2 Å². The third kappa shape index (κ3) is 8.71. The van der Waals surface area contributed by atoms with Crippen molar-refractivity contribution < 1.29 is 19.1 Å². The van der Waals surface area contributed by atoms with Crippen molar-refractivity contribution >= 4 is 23.6 Å². The number of nitrogens with one attached hydrogen (secondary N) is 1. The van der Waals surface area contributed by atoms with E-state index in [0.717, 1.165) is 18.5 Å². The third-order valence-electron chi connectivity index (χ3n) is 4.70. The molecule has 0 aliphatic heterocycles. The number of carbonyl (C=O) groups excluding carboxylic acids is 3. The van der Waals surface area contributed by atoms with Crippen molar-refractivity contribution in [1.29, 1.82) is 0 Å². The smallest absolute Gasteiger partial charge is 0.306 e. The number of carbonyl (C=O) groups is 3. The highest BCUT2D eigenvalue weighted by Crippen LogP contribution is 2.28. The molecule has 0 aliphatic carbocycles. The van der Waals surface area contributed by atoms with Crippen molar-refractivity contribution in [1.82, 2.24) is 14.7 Å². The van der Waals surface area contributed by atoms with Gasteiger partial charge in [-0.25, -0.2) is 4.68 Å². The molecule has 1 aromatic heterocycles. The van der Waals surface area contributed by atoms with E-state index in [1.54, 1.807) is 6.92 Å². The highest BCUT2D eigenvalue weighted by molar-refractivity contribution is 5.94. The topological polar surface area (TPSA) is 93.5 Å². The molecule has 8 heteroatoms. The molecule has 0 saturated carbocycles. The molecule has 1 N–H and O–H groups in total. The van der Waals surface area contributed by atoms with E-state index >= 15 is 0 Å². The summed E-state index contributed by atoms with van der Waals surface area (Å²) in [5.74, 6) is -0.306. The fraction of sp³-hybridized carbons (Fsp3) is 0.739.